The first-order valence-electron chi connectivity index (χ1n) is 5.34. The van der Waals surface area contributed by atoms with Crippen LogP contribution in [0, 0.1) is 0 Å². The average Bonchev–Trinajstić information content (AvgIpc) is 2.97. The van der Waals surface area contributed by atoms with E-state index in [1.165, 1.54) is 0 Å². The van der Waals surface area contributed by atoms with Gasteiger partial charge in [0, 0.05) is 12.1 Å². The zero-order valence-electron chi connectivity index (χ0n) is 9.02. The standard InChI is InChI=1S/C11H12BrNO4/c12-8-1-6(2-9-10(8)16-5-15-9)11-14-4-7(3-13)17-11/h1-2,7,11H,3-5,13H2. The molecule has 3 rings (SSSR count). The minimum atomic E-state index is -0.380. The lowest BCUT2D eigenvalue weighted by atomic mass is 10.2. The molecule has 0 bridgehead atoms. The third-order valence-electron chi connectivity index (χ3n) is 2.73. The van der Waals surface area contributed by atoms with Crippen LogP contribution in [0.3, 0.4) is 0 Å². The van der Waals surface area contributed by atoms with Crippen molar-refractivity contribution in [1.29, 1.82) is 0 Å². The second-order valence-electron chi connectivity index (χ2n) is 3.90. The van der Waals surface area contributed by atoms with Crippen LogP contribution in [0.25, 0.3) is 0 Å². The third-order valence-corrected chi connectivity index (χ3v) is 3.32. The summed E-state index contributed by atoms with van der Waals surface area (Å²) in [6.07, 6.45) is -0.418. The van der Waals surface area contributed by atoms with Crippen molar-refractivity contribution < 1.29 is 18.9 Å². The molecule has 1 aromatic carbocycles. The van der Waals surface area contributed by atoms with E-state index in [0.29, 0.717) is 18.9 Å². The van der Waals surface area contributed by atoms with Crippen LogP contribution < -0.4 is 15.2 Å². The Kier molecular flexibility index (Phi) is 2.96. The minimum absolute atomic E-state index is 0.0378. The number of halogens is 1. The molecule has 1 fully saturated rings. The second kappa shape index (κ2) is 4.45. The maximum Gasteiger partial charge on any atom is 0.231 e. The van der Waals surface area contributed by atoms with E-state index < -0.39 is 0 Å². The number of fused-ring (bicyclic) bond motifs is 1. The van der Waals surface area contributed by atoms with Crippen LogP contribution in [-0.4, -0.2) is 26.0 Å². The van der Waals surface area contributed by atoms with Gasteiger partial charge in [-0.3, -0.25) is 0 Å². The van der Waals surface area contributed by atoms with E-state index >= 15 is 0 Å². The molecule has 0 radical (unpaired) electrons. The molecular weight excluding hydrogens is 290 g/mol. The van der Waals surface area contributed by atoms with E-state index in [2.05, 4.69) is 15.9 Å². The quantitative estimate of drug-likeness (QED) is 0.898. The molecule has 2 atom stereocenters. The molecule has 0 aliphatic carbocycles. The Morgan fingerprint density at radius 2 is 2.24 bits per heavy atom. The summed E-state index contributed by atoms with van der Waals surface area (Å²) in [5, 5.41) is 0. The van der Waals surface area contributed by atoms with Gasteiger partial charge in [0.2, 0.25) is 6.79 Å². The topological polar surface area (TPSA) is 62.9 Å². The van der Waals surface area contributed by atoms with Crippen molar-refractivity contribution in [2.24, 2.45) is 5.73 Å². The fourth-order valence-corrected chi connectivity index (χ4v) is 2.44. The van der Waals surface area contributed by atoms with Crippen LogP contribution in [0.15, 0.2) is 16.6 Å². The summed E-state index contributed by atoms with van der Waals surface area (Å²) in [4.78, 5) is 0. The van der Waals surface area contributed by atoms with Crippen LogP contribution in [0.1, 0.15) is 11.9 Å². The number of hydrogen-bond acceptors (Lipinski definition) is 5. The monoisotopic (exact) mass is 301 g/mol. The largest absolute Gasteiger partial charge is 0.454 e. The van der Waals surface area contributed by atoms with Crippen molar-refractivity contribution in [2.45, 2.75) is 12.4 Å². The maximum absolute atomic E-state index is 5.65. The molecule has 17 heavy (non-hydrogen) atoms. The zero-order chi connectivity index (χ0) is 11.8. The lowest BCUT2D eigenvalue weighted by Gasteiger charge is -2.12. The van der Waals surface area contributed by atoms with Crippen LogP contribution in [0.4, 0.5) is 0 Å². The number of rotatable bonds is 2. The molecule has 2 heterocycles. The van der Waals surface area contributed by atoms with Crippen molar-refractivity contribution in [1.82, 2.24) is 0 Å². The fraction of sp³-hybridized carbons (Fsp3) is 0.455. The normalized spacial score (nSPS) is 26.5. The van der Waals surface area contributed by atoms with Crippen molar-refractivity contribution in [3.63, 3.8) is 0 Å². The van der Waals surface area contributed by atoms with Crippen molar-refractivity contribution in [3.05, 3.63) is 22.2 Å². The average molecular weight is 302 g/mol. The molecule has 1 saturated heterocycles. The Labute approximate surface area is 107 Å². The SMILES string of the molecule is NCC1COC(c2cc(Br)c3c(c2)OCO3)O1. The molecule has 0 spiro atoms. The van der Waals surface area contributed by atoms with Gasteiger partial charge in [-0.15, -0.1) is 0 Å². The predicted octanol–water partition coefficient (Wildman–Crippen LogP) is 1.55. The first kappa shape index (κ1) is 11.3. The Balaban J connectivity index is 1.87. The molecule has 1 aromatic rings. The molecule has 0 saturated carbocycles. The van der Waals surface area contributed by atoms with Gasteiger partial charge in [-0.05, 0) is 28.1 Å². The smallest absolute Gasteiger partial charge is 0.231 e. The first-order valence-corrected chi connectivity index (χ1v) is 6.13. The van der Waals surface area contributed by atoms with Gasteiger partial charge < -0.3 is 24.7 Å². The van der Waals surface area contributed by atoms with Gasteiger partial charge in [0.1, 0.15) is 0 Å². The van der Waals surface area contributed by atoms with Crippen molar-refractivity contribution in [2.75, 3.05) is 19.9 Å². The van der Waals surface area contributed by atoms with Crippen LogP contribution in [0.2, 0.25) is 0 Å². The highest BCUT2D eigenvalue weighted by Gasteiger charge is 2.29. The van der Waals surface area contributed by atoms with Gasteiger partial charge in [0.15, 0.2) is 17.8 Å². The van der Waals surface area contributed by atoms with Crippen molar-refractivity contribution >= 4 is 15.9 Å². The molecule has 2 aliphatic rings. The fourth-order valence-electron chi connectivity index (χ4n) is 1.87. The van der Waals surface area contributed by atoms with E-state index in [0.717, 1.165) is 15.8 Å². The van der Waals surface area contributed by atoms with E-state index in [1.807, 2.05) is 12.1 Å². The second-order valence-corrected chi connectivity index (χ2v) is 4.75. The number of ether oxygens (including phenoxy) is 4. The lowest BCUT2D eigenvalue weighted by Crippen LogP contribution is -2.21. The van der Waals surface area contributed by atoms with Crippen LogP contribution >= 0.6 is 15.9 Å². The van der Waals surface area contributed by atoms with E-state index in [-0.39, 0.29) is 19.2 Å². The summed E-state index contributed by atoms with van der Waals surface area (Å²) in [6.45, 7) is 1.23. The molecule has 92 valence electrons. The van der Waals surface area contributed by atoms with Crippen LogP contribution in [0.5, 0.6) is 11.5 Å². The highest BCUT2D eigenvalue weighted by atomic mass is 79.9. The number of hydrogen-bond donors (Lipinski definition) is 1. The Morgan fingerprint density at radius 3 is 3.00 bits per heavy atom. The molecule has 2 unspecified atom stereocenters. The maximum atomic E-state index is 5.65. The molecule has 0 amide bonds. The van der Waals surface area contributed by atoms with E-state index in [9.17, 15) is 0 Å². The Bertz CT molecular complexity index is 440. The predicted molar refractivity (Wildman–Crippen MR) is 62.9 cm³/mol. The molecule has 5 nitrogen and oxygen atoms in total. The van der Waals surface area contributed by atoms with Gasteiger partial charge in [0.25, 0.3) is 0 Å². The van der Waals surface area contributed by atoms with Gasteiger partial charge in [-0.25, -0.2) is 0 Å². The summed E-state index contributed by atoms with van der Waals surface area (Å²) in [7, 11) is 0. The van der Waals surface area contributed by atoms with Gasteiger partial charge in [-0.1, -0.05) is 0 Å². The highest BCUT2D eigenvalue weighted by Crippen LogP contribution is 2.42. The molecule has 6 heteroatoms. The minimum Gasteiger partial charge on any atom is -0.454 e. The zero-order valence-corrected chi connectivity index (χ0v) is 10.6. The summed E-state index contributed by atoms with van der Waals surface area (Å²) in [5.74, 6) is 1.43. The Hall–Kier alpha value is -0.820. The highest BCUT2D eigenvalue weighted by molar-refractivity contribution is 9.10. The van der Waals surface area contributed by atoms with Gasteiger partial charge >= 0.3 is 0 Å². The Morgan fingerprint density at radius 1 is 1.35 bits per heavy atom. The van der Waals surface area contributed by atoms with Crippen LogP contribution in [-0.2, 0) is 9.47 Å². The van der Waals surface area contributed by atoms with Gasteiger partial charge in [0.05, 0.1) is 17.2 Å². The number of benzene rings is 1. The summed E-state index contributed by atoms with van der Waals surface area (Å²) >= 11 is 3.44. The van der Waals surface area contributed by atoms with E-state index in [1.54, 1.807) is 0 Å². The molecule has 2 aliphatic heterocycles. The van der Waals surface area contributed by atoms with Gasteiger partial charge in [-0.2, -0.15) is 0 Å². The molecule has 0 aromatic heterocycles. The third kappa shape index (κ3) is 2.01. The molecular formula is C11H12BrNO4. The first-order chi connectivity index (χ1) is 8.28. The molecule has 2 N–H and O–H groups in total. The van der Waals surface area contributed by atoms with E-state index in [4.69, 9.17) is 24.7 Å². The summed E-state index contributed by atoms with van der Waals surface area (Å²) in [6, 6.07) is 3.79. The van der Waals surface area contributed by atoms with Crippen molar-refractivity contribution in [3.8, 4) is 11.5 Å². The lowest BCUT2D eigenvalue weighted by molar-refractivity contribution is -0.0586. The number of nitrogens with two attached hydrogens (primary N) is 1. The summed E-state index contributed by atoms with van der Waals surface area (Å²) < 4.78 is 22.7. The summed E-state index contributed by atoms with van der Waals surface area (Å²) in [5.41, 5.74) is 6.44.